The molecular formula is C12H17FO. The van der Waals surface area contributed by atoms with Crippen LogP contribution in [0.25, 0.3) is 0 Å². The number of alkyl halides is 1. The average molecular weight is 196 g/mol. The van der Waals surface area contributed by atoms with Crippen LogP contribution >= 0.6 is 0 Å². The van der Waals surface area contributed by atoms with Gasteiger partial charge in [-0.3, -0.25) is 0 Å². The van der Waals surface area contributed by atoms with Gasteiger partial charge in [-0.15, -0.1) is 0 Å². The van der Waals surface area contributed by atoms with Gasteiger partial charge in [-0.05, 0) is 31.9 Å². The summed E-state index contributed by atoms with van der Waals surface area (Å²) in [6.45, 7) is 4.82. The molecule has 1 rings (SSSR count). The smallest absolute Gasteiger partial charge is 0.109 e. The van der Waals surface area contributed by atoms with Crippen LogP contribution in [0.4, 0.5) is 4.39 Å². The van der Waals surface area contributed by atoms with Crippen molar-refractivity contribution in [3.8, 4) is 0 Å². The van der Waals surface area contributed by atoms with E-state index in [-0.39, 0.29) is 0 Å². The molecular weight excluding hydrogens is 179 g/mol. The maximum atomic E-state index is 13.3. The number of aliphatic hydroxyl groups excluding tert-OH is 1. The fourth-order valence-electron chi connectivity index (χ4n) is 1.45. The standard InChI is InChI=1S/C12H17FO/c1-9(14)11-6-4-5-10(7-11)8-12(2,3)13/h4-7,9,14H,8H2,1-3H3. The Bertz CT molecular complexity index is 299. The van der Waals surface area contributed by atoms with Crippen LogP contribution in [0, 0.1) is 0 Å². The molecule has 0 radical (unpaired) electrons. The Kier molecular flexibility index (Phi) is 3.27. The van der Waals surface area contributed by atoms with E-state index in [2.05, 4.69) is 0 Å². The van der Waals surface area contributed by atoms with Gasteiger partial charge in [0.2, 0.25) is 0 Å². The topological polar surface area (TPSA) is 20.2 Å². The predicted molar refractivity (Wildman–Crippen MR) is 56.0 cm³/mol. The molecule has 0 aliphatic rings. The zero-order chi connectivity index (χ0) is 10.8. The predicted octanol–water partition coefficient (Wildman–Crippen LogP) is 3.03. The summed E-state index contributed by atoms with van der Waals surface area (Å²) in [5.41, 5.74) is 0.569. The first kappa shape index (κ1) is 11.2. The highest BCUT2D eigenvalue weighted by Gasteiger charge is 2.16. The summed E-state index contributed by atoms with van der Waals surface area (Å²) >= 11 is 0. The van der Waals surface area contributed by atoms with Crippen molar-refractivity contribution >= 4 is 0 Å². The third-order valence-electron chi connectivity index (χ3n) is 2.06. The minimum absolute atomic E-state index is 0.383. The Labute approximate surface area is 84.6 Å². The zero-order valence-corrected chi connectivity index (χ0v) is 8.92. The summed E-state index contributed by atoms with van der Waals surface area (Å²) in [7, 11) is 0. The molecule has 0 bridgehead atoms. The summed E-state index contributed by atoms with van der Waals surface area (Å²) in [6, 6.07) is 7.43. The van der Waals surface area contributed by atoms with Gasteiger partial charge in [0, 0.05) is 6.42 Å². The molecule has 1 aromatic rings. The first-order chi connectivity index (χ1) is 6.38. The Balaban J connectivity index is 2.84. The molecule has 0 saturated carbocycles. The number of benzene rings is 1. The van der Waals surface area contributed by atoms with Crippen molar-refractivity contribution in [3.63, 3.8) is 0 Å². The van der Waals surface area contributed by atoms with E-state index in [9.17, 15) is 9.50 Å². The first-order valence-electron chi connectivity index (χ1n) is 4.84. The third-order valence-corrected chi connectivity index (χ3v) is 2.06. The van der Waals surface area contributed by atoms with Crippen molar-refractivity contribution in [1.29, 1.82) is 0 Å². The number of halogens is 1. The Morgan fingerprint density at radius 3 is 2.57 bits per heavy atom. The number of rotatable bonds is 3. The molecule has 1 N–H and O–H groups in total. The molecule has 1 atom stereocenters. The summed E-state index contributed by atoms with van der Waals surface area (Å²) in [5, 5.41) is 9.35. The van der Waals surface area contributed by atoms with Crippen LogP contribution in [0.2, 0.25) is 0 Å². The van der Waals surface area contributed by atoms with Crippen LogP contribution in [0.15, 0.2) is 24.3 Å². The van der Waals surface area contributed by atoms with Gasteiger partial charge in [0.05, 0.1) is 6.10 Å². The van der Waals surface area contributed by atoms with E-state index >= 15 is 0 Å². The highest BCUT2D eigenvalue weighted by molar-refractivity contribution is 5.25. The van der Waals surface area contributed by atoms with Crippen molar-refractivity contribution in [2.24, 2.45) is 0 Å². The summed E-state index contributed by atoms with van der Waals surface area (Å²) < 4.78 is 13.3. The molecule has 2 heteroatoms. The molecule has 0 aliphatic heterocycles. The summed E-state index contributed by atoms with van der Waals surface area (Å²) in [5.74, 6) is 0. The van der Waals surface area contributed by atoms with Crippen LogP contribution in [-0.4, -0.2) is 10.8 Å². The molecule has 0 heterocycles. The molecule has 14 heavy (non-hydrogen) atoms. The van der Waals surface area contributed by atoms with E-state index in [0.717, 1.165) is 11.1 Å². The van der Waals surface area contributed by atoms with Crippen LogP contribution in [0.3, 0.4) is 0 Å². The monoisotopic (exact) mass is 196 g/mol. The molecule has 0 fully saturated rings. The number of aliphatic hydroxyl groups is 1. The molecule has 78 valence electrons. The molecule has 0 spiro atoms. The molecule has 1 unspecified atom stereocenters. The van der Waals surface area contributed by atoms with Gasteiger partial charge in [-0.25, -0.2) is 4.39 Å². The molecule has 0 saturated heterocycles. The highest BCUT2D eigenvalue weighted by Crippen LogP contribution is 2.19. The maximum Gasteiger partial charge on any atom is 0.109 e. The average Bonchev–Trinajstić information content (AvgIpc) is 2.01. The third kappa shape index (κ3) is 3.46. The second-order valence-electron chi connectivity index (χ2n) is 4.32. The van der Waals surface area contributed by atoms with Gasteiger partial charge in [-0.1, -0.05) is 24.3 Å². The fraction of sp³-hybridized carbons (Fsp3) is 0.500. The van der Waals surface area contributed by atoms with Gasteiger partial charge < -0.3 is 5.11 Å². The van der Waals surface area contributed by atoms with Gasteiger partial charge in [0.15, 0.2) is 0 Å². The van der Waals surface area contributed by atoms with E-state index in [0.29, 0.717) is 6.42 Å². The SMILES string of the molecule is CC(O)c1cccc(CC(C)(C)F)c1. The van der Waals surface area contributed by atoms with E-state index in [1.54, 1.807) is 20.8 Å². The van der Waals surface area contributed by atoms with E-state index in [1.807, 2.05) is 24.3 Å². The van der Waals surface area contributed by atoms with Crippen LogP contribution in [-0.2, 0) is 6.42 Å². The van der Waals surface area contributed by atoms with E-state index in [1.165, 1.54) is 0 Å². The van der Waals surface area contributed by atoms with Crippen molar-refractivity contribution in [3.05, 3.63) is 35.4 Å². The minimum atomic E-state index is -1.20. The normalized spacial score (nSPS) is 14.1. The van der Waals surface area contributed by atoms with Crippen LogP contribution in [0.1, 0.15) is 38.0 Å². The second kappa shape index (κ2) is 4.09. The van der Waals surface area contributed by atoms with Gasteiger partial charge in [0.25, 0.3) is 0 Å². The van der Waals surface area contributed by atoms with Gasteiger partial charge >= 0.3 is 0 Å². The summed E-state index contributed by atoms with van der Waals surface area (Å²) in [6.07, 6.45) is -0.106. The van der Waals surface area contributed by atoms with Crippen molar-refractivity contribution < 1.29 is 9.50 Å². The lowest BCUT2D eigenvalue weighted by Crippen LogP contribution is -2.15. The minimum Gasteiger partial charge on any atom is -0.389 e. The Morgan fingerprint density at radius 1 is 1.43 bits per heavy atom. The quantitative estimate of drug-likeness (QED) is 0.787. The van der Waals surface area contributed by atoms with Crippen molar-refractivity contribution in [1.82, 2.24) is 0 Å². The lowest BCUT2D eigenvalue weighted by atomic mass is 9.98. The molecule has 1 aromatic carbocycles. The second-order valence-corrected chi connectivity index (χ2v) is 4.32. The summed E-state index contributed by atoms with van der Waals surface area (Å²) in [4.78, 5) is 0. The first-order valence-corrected chi connectivity index (χ1v) is 4.84. The Hall–Kier alpha value is -0.890. The zero-order valence-electron chi connectivity index (χ0n) is 8.92. The molecule has 1 nitrogen and oxygen atoms in total. The number of hydrogen-bond donors (Lipinski definition) is 1. The van der Waals surface area contributed by atoms with Gasteiger partial charge in [0.1, 0.15) is 5.67 Å². The van der Waals surface area contributed by atoms with E-state index < -0.39 is 11.8 Å². The number of hydrogen-bond acceptors (Lipinski definition) is 1. The van der Waals surface area contributed by atoms with Crippen LogP contribution < -0.4 is 0 Å². The lowest BCUT2D eigenvalue weighted by Gasteiger charge is -2.15. The lowest BCUT2D eigenvalue weighted by molar-refractivity contribution is 0.198. The van der Waals surface area contributed by atoms with Crippen molar-refractivity contribution in [2.75, 3.05) is 0 Å². The van der Waals surface area contributed by atoms with Gasteiger partial charge in [-0.2, -0.15) is 0 Å². The fourth-order valence-corrected chi connectivity index (χ4v) is 1.45. The Morgan fingerprint density at radius 2 is 2.07 bits per heavy atom. The van der Waals surface area contributed by atoms with Crippen LogP contribution in [0.5, 0.6) is 0 Å². The largest absolute Gasteiger partial charge is 0.389 e. The van der Waals surface area contributed by atoms with Crippen molar-refractivity contribution in [2.45, 2.75) is 39.0 Å². The highest BCUT2D eigenvalue weighted by atomic mass is 19.1. The maximum absolute atomic E-state index is 13.3. The van der Waals surface area contributed by atoms with E-state index in [4.69, 9.17) is 0 Å². The molecule has 0 aliphatic carbocycles. The molecule has 0 amide bonds. The molecule has 0 aromatic heterocycles.